The van der Waals surface area contributed by atoms with Crippen LogP contribution in [-0.2, 0) is 9.53 Å². The Morgan fingerprint density at radius 2 is 2.06 bits per heavy atom. The van der Waals surface area contributed by atoms with Crippen molar-refractivity contribution in [2.45, 2.75) is 26.7 Å². The summed E-state index contributed by atoms with van der Waals surface area (Å²) in [7, 11) is 0. The zero-order valence-electron chi connectivity index (χ0n) is 9.69. The standard InChI is InChI=1S/C12H17NO3/c1-12(2,7-9(8-13)11(14)15)10-3-5-16-6-4-10/h7,10H,3-6H2,1-2H3,(H,14,15). The van der Waals surface area contributed by atoms with Crippen molar-refractivity contribution in [3.63, 3.8) is 0 Å². The lowest BCUT2D eigenvalue weighted by Gasteiger charge is -2.34. The molecule has 0 saturated carbocycles. The number of hydrogen-bond donors (Lipinski definition) is 1. The number of allylic oxidation sites excluding steroid dienone is 1. The molecule has 16 heavy (non-hydrogen) atoms. The largest absolute Gasteiger partial charge is 0.477 e. The van der Waals surface area contributed by atoms with Gasteiger partial charge in [-0.3, -0.25) is 0 Å². The van der Waals surface area contributed by atoms with Crippen molar-refractivity contribution in [2.75, 3.05) is 13.2 Å². The Morgan fingerprint density at radius 1 is 1.50 bits per heavy atom. The molecule has 1 heterocycles. The molecule has 1 aliphatic heterocycles. The van der Waals surface area contributed by atoms with Gasteiger partial charge in [0, 0.05) is 13.2 Å². The highest BCUT2D eigenvalue weighted by molar-refractivity contribution is 5.91. The predicted octanol–water partition coefficient (Wildman–Crippen LogP) is 1.97. The summed E-state index contributed by atoms with van der Waals surface area (Å²) in [5.74, 6) is -0.772. The number of carboxylic acid groups (broad SMARTS) is 1. The van der Waals surface area contributed by atoms with Gasteiger partial charge in [0.25, 0.3) is 0 Å². The number of carbonyl (C=O) groups is 1. The fourth-order valence-electron chi connectivity index (χ4n) is 2.07. The van der Waals surface area contributed by atoms with Gasteiger partial charge >= 0.3 is 5.97 Å². The summed E-state index contributed by atoms with van der Waals surface area (Å²) < 4.78 is 5.27. The highest BCUT2D eigenvalue weighted by Crippen LogP contribution is 2.36. The van der Waals surface area contributed by atoms with Crippen molar-refractivity contribution in [1.29, 1.82) is 5.26 Å². The SMILES string of the molecule is CC(C)(C=C(C#N)C(=O)O)C1CCOCC1. The Balaban J connectivity index is 2.83. The first-order valence-electron chi connectivity index (χ1n) is 5.41. The van der Waals surface area contributed by atoms with Gasteiger partial charge in [-0.15, -0.1) is 0 Å². The van der Waals surface area contributed by atoms with Crippen LogP contribution in [0.3, 0.4) is 0 Å². The number of nitriles is 1. The molecule has 4 nitrogen and oxygen atoms in total. The Labute approximate surface area is 95.5 Å². The molecule has 0 amide bonds. The first kappa shape index (κ1) is 12.7. The van der Waals surface area contributed by atoms with Crippen LogP contribution in [0.5, 0.6) is 0 Å². The molecule has 88 valence electrons. The molecule has 4 heteroatoms. The van der Waals surface area contributed by atoms with E-state index < -0.39 is 5.97 Å². The van der Waals surface area contributed by atoms with Gasteiger partial charge in [-0.05, 0) is 24.2 Å². The first-order valence-corrected chi connectivity index (χ1v) is 5.41. The van der Waals surface area contributed by atoms with E-state index in [2.05, 4.69) is 0 Å². The molecule has 0 radical (unpaired) electrons. The Morgan fingerprint density at radius 3 is 2.50 bits per heavy atom. The Hall–Kier alpha value is -1.34. The van der Waals surface area contributed by atoms with Crippen LogP contribution in [0, 0.1) is 22.7 Å². The fourth-order valence-corrected chi connectivity index (χ4v) is 2.07. The van der Waals surface area contributed by atoms with Crippen molar-refractivity contribution in [3.8, 4) is 6.07 Å². The molecule has 1 saturated heterocycles. The van der Waals surface area contributed by atoms with Gasteiger partial charge in [0.2, 0.25) is 0 Å². The second kappa shape index (κ2) is 5.13. The lowest BCUT2D eigenvalue weighted by Crippen LogP contribution is -2.29. The van der Waals surface area contributed by atoms with Crippen LogP contribution in [0.2, 0.25) is 0 Å². The molecule has 1 fully saturated rings. The summed E-state index contributed by atoms with van der Waals surface area (Å²) in [4.78, 5) is 10.8. The van der Waals surface area contributed by atoms with E-state index >= 15 is 0 Å². The second-order valence-corrected chi connectivity index (χ2v) is 4.68. The van der Waals surface area contributed by atoms with Crippen LogP contribution in [0.25, 0.3) is 0 Å². The van der Waals surface area contributed by atoms with E-state index in [1.165, 1.54) is 0 Å². The average Bonchev–Trinajstić information content (AvgIpc) is 2.27. The zero-order chi connectivity index (χ0) is 12.2. The summed E-state index contributed by atoms with van der Waals surface area (Å²) in [6, 6.07) is 1.73. The number of hydrogen-bond acceptors (Lipinski definition) is 3. The molecule has 0 aliphatic carbocycles. The van der Waals surface area contributed by atoms with Crippen molar-refractivity contribution < 1.29 is 14.6 Å². The van der Waals surface area contributed by atoms with E-state index in [1.54, 1.807) is 12.1 Å². The maximum absolute atomic E-state index is 10.8. The van der Waals surface area contributed by atoms with Crippen LogP contribution in [0.15, 0.2) is 11.6 Å². The summed E-state index contributed by atoms with van der Waals surface area (Å²) in [6.45, 7) is 5.39. The number of nitrogens with zero attached hydrogens (tertiary/aromatic N) is 1. The fraction of sp³-hybridized carbons (Fsp3) is 0.667. The van der Waals surface area contributed by atoms with Gasteiger partial charge in [-0.2, -0.15) is 5.26 Å². The van der Waals surface area contributed by atoms with E-state index in [0.29, 0.717) is 5.92 Å². The molecule has 0 aromatic rings. The molecular weight excluding hydrogens is 206 g/mol. The molecule has 0 spiro atoms. The van der Waals surface area contributed by atoms with Crippen molar-refractivity contribution in [1.82, 2.24) is 0 Å². The van der Waals surface area contributed by atoms with Crippen molar-refractivity contribution in [3.05, 3.63) is 11.6 Å². The third-order valence-corrected chi connectivity index (χ3v) is 3.14. The average molecular weight is 223 g/mol. The maximum Gasteiger partial charge on any atom is 0.346 e. The molecule has 0 unspecified atom stereocenters. The quantitative estimate of drug-likeness (QED) is 0.586. The molecule has 1 rings (SSSR count). The van der Waals surface area contributed by atoms with Gasteiger partial charge in [-0.1, -0.05) is 19.9 Å². The molecule has 1 aliphatic rings. The van der Waals surface area contributed by atoms with Crippen LogP contribution in [0.1, 0.15) is 26.7 Å². The number of carboxylic acids is 1. The minimum Gasteiger partial charge on any atom is -0.477 e. The van der Waals surface area contributed by atoms with Crippen molar-refractivity contribution in [2.24, 2.45) is 11.3 Å². The minimum atomic E-state index is -1.15. The van der Waals surface area contributed by atoms with E-state index in [-0.39, 0.29) is 11.0 Å². The molecule has 0 aromatic carbocycles. The van der Waals surface area contributed by atoms with Gasteiger partial charge in [0.15, 0.2) is 0 Å². The highest BCUT2D eigenvalue weighted by Gasteiger charge is 2.30. The highest BCUT2D eigenvalue weighted by atomic mass is 16.5. The second-order valence-electron chi connectivity index (χ2n) is 4.68. The summed E-state index contributed by atoms with van der Waals surface area (Å²) in [5, 5.41) is 17.6. The molecule has 1 N–H and O–H groups in total. The Kier molecular flexibility index (Phi) is 4.08. The van der Waals surface area contributed by atoms with Crippen LogP contribution in [0.4, 0.5) is 0 Å². The normalized spacial score (nSPS) is 19.2. The van der Waals surface area contributed by atoms with Gasteiger partial charge < -0.3 is 9.84 Å². The third kappa shape index (κ3) is 3.07. The molecular formula is C12H17NO3. The third-order valence-electron chi connectivity index (χ3n) is 3.14. The zero-order valence-corrected chi connectivity index (χ0v) is 9.69. The predicted molar refractivity (Wildman–Crippen MR) is 58.7 cm³/mol. The lowest BCUT2D eigenvalue weighted by molar-refractivity contribution is -0.132. The minimum absolute atomic E-state index is 0.170. The molecule has 0 aromatic heterocycles. The number of ether oxygens (including phenoxy) is 1. The van der Waals surface area contributed by atoms with Crippen LogP contribution < -0.4 is 0 Å². The van der Waals surface area contributed by atoms with Gasteiger partial charge in [0.05, 0.1) is 0 Å². The topological polar surface area (TPSA) is 70.3 Å². The van der Waals surface area contributed by atoms with Crippen molar-refractivity contribution >= 4 is 5.97 Å². The Bertz CT molecular complexity index is 333. The van der Waals surface area contributed by atoms with Crippen LogP contribution >= 0.6 is 0 Å². The number of aliphatic carboxylic acids is 1. The first-order chi connectivity index (χ1) is 7.47. The summed E-state index contributed by atoms with van der Waals surface area (Å²) in [6.07, 6.45) is 3.41. The summed E-state index contributed by atoms with van der Waals surface area (Å²) in [5.41, 5.74) is -0.441. The van der Waals surface area contributed by atoms with E-state index in [0.717, 1.165) is 26.1 Å². The van der Waals surface area contributed by atoms with Crippen LogP contribution in [-0.4, -0.2) is 24.3 Å². The smallest absolute Gasteiger partial charge is 0.346 e. The molecule has 0 bridgehead atoms. The summed E-state index contributed by atoms with van der Waals surface area (Å²) >= 11 is 0. The van der Waals surface area contributed by atoms with Gasteiger partial charge in [-0.25, -0.2) is 4.79 Å². The van der Waals surface area contributed by atoms with E-state index in [1.807, 2.05) is 13.8 Å². The van der Waals surface area contributed by atoms with E-state index in [9.17, 15) is 4.79 Å². The lowest BCUT2D eigenvalue weighted by atomic mass is 9.74. The monoisotopic (exact) mass is 223 g/mol. The van der Waals surface area contributed by atoms with E-state index in [4.69, 9.17) is 15.1 Å². The van der Waals surface area contributed by atoms with Gasteiger partial charge in [0.1, 0.15) is 11.6 Å². The maximum atomic E-state index is 10.8. The number of rotatable bonds is 3. The molecule has 0 atom stereocenters.